The van der Waals surface area contributed by atoms with Crippen LogP contribution in [0, 0.1) is 6.92 Å². The third-order valence-corrected chi connectivity index (χ3v) is 5.86. The third kappa shape index (κ3) is 4.12. The van der Waals surface area contributed by atoms with Gasteiger partial charge in [-0.05, 0) is 31.2 Å². The van der Waals surface area contributed by atoms with Crippen molar-refractivity contribution >= 4 is 46.2 Å². The summed E-state index contributed by atoms with van der Waals surface area (Å²) in [5.74, 6) is -0.691. The predicted molar refractivity (Wildman–Crippen MR) is 104 cm³/mol. The minimum Gasteiger partial charge on any atom is -0.465 e. The Kier molecular flexibility index (Phi) is 5.70. The summed E-state index contributed by atoms with van der Waals surface area (Å²) in [4.78, 5) is 30.2. The van der Waals surface area contributed by atoms with Crippen LogP contribution in [-0.4, -0.2) is 24.0 Å². The van der Waals surface area contributed by atoms with E-state index in [0.717, 1.165) is 32.5 Å². The summed E-state index contributed by atoms with van der Waals surface area (Å²) >= 11 is 8.56. The smallest absolute Gasteiger partial charge is 0.348 e. The van der Waals surface area contributed by atoms with E-state index in [4.69, 9.17) is 11.6 Å². The Bertz CT molecular complexity index is 948. The Morgan fingerprint density at radius 1 is 1.12 bits per heavy atom. The van der Waals surface area contributed by atoms with Crippen molar-refractivity contribution in [2.24, 2.45) is 0 Å². The van der Waals surface area contributed by atoms with Gasteiger partial charge in [0.2, 0.25) is 0 Å². The molecule has 0 aliphatic heterocycles. The molecule has 0 spiro atoms. The number of rotatable bonds is 5. The highest BCUT2D eigenvalue weighted by molar-refractivity contribution is 7.15. The van der Waals surface area contributed by atoms with E-state index >= 15 is 0 Å². The molecule has 0 aliphatic rings. The standard InChI is InChI=1S/C18H15ClN2O3S2/c1-10-16(11-3-5-12(19)6-4-11)21-15(25-10)9-20-17(22)13-7-8-14(26-13)18(23)24-2/h3-8H,9H2,1-2H3,(H,20,22). The molecule has 8 heteroatoms. The summed E-state index contributed by atoms with van der Waals surface area (Å²) in [5, 5.41) is 4.32. The molecule has 5 nitrogen and oxygen atoms in total. The lowest BCUT2D eigenvalue weighted by Crippen LogP contribution is -2.21. The first-order chi connectivity index (χ1) is 12.5. The molecule has 3 aromatic rings. The predicted octanol–water partition coefficient (Wildman–Crippen LogP) is 4.55. The molecule has 0 saturated carbocycles. The number of aromatic nitrogens is 1. The minimum absolute atomic E-state index is 0.244. The van der Waals surface area contributed by atoms with Crippen LogP contribution in [-0.2, 0) is 11.3 Å². The number of halogens is 1. The van der Waals surface area contributed by atoms with Crippen LogP contribution in [0.25, 0.3) is 11.3 Å². The van der Waals surface area contributed by atoms with Crippen LogP contribution >= 0.6 is 34.3 Å². The number of thiophene rings is 1. The van der Waals surface area contributed by atoms with Crippen LogP contribution in [0.3, 0.4) is 0 Å². The Hall–Kier alpha value is -2.22. The van der Waals surface area contributed by atoms with Crippen LogP contribution in [0.4, 0.5) is 0 Å². The van der Waals surface area contributed by atoms with Crippen LogP contribution in [0.15, 0.2) is 36.4 Å². The van der Waals surface area contributed by atoms with E-state index in [9.17, 15) is 9.59 Å². The topological polar surface area (TPSA) is 68.3 Å². The van der Waals surface area contributed by atoms with Gasteiger partial charge < -0.3 is 10.1 Å². The second kappa shape index (κ2) is 7.99. The Morgan fingerprint density at radius 2 is 1.81 bits per heavy atom. The van der Waals surface area contributed by atoms with Gasteiger partial charge in [-0.3, -0.25) is 4.79 Å². The molecule has 3 rings (SSSR count). The zero-order valence-corrected chi connectivity index (χ0v) is 16.4. The molecular weight excluding hydrogens is 392 g/mol. The Morgan fingerprint density at radius 3 is 2.50 bits per heavy atom. The highest BCUT2D eigenvalue weighted by Gasteiger charge is 2.15. The second-order valence-corrected chi connectivity index (χ2v) is 8.17. The fourth-order valence-electron chi connectivity index (χ4n) is 2.32. The number of ether oxygens (including phenoxy) is 1. The van der Waals surface area contributed by atoms with E-state index in [1.807, 2.05) is 31.2 Å². The van der Waals surface area contributed by atoms with E-state index < -0.39 is 5.97 Å². The molecular formula is C18H15ClN2O3S2. The lowest BCUT2D eigenvalue weighted by molar-refractivity contribution is 0.0606. The minimum atomic E-state index is -0.447. The lowest BCUT2D eigenvalue weighted by Gasteiger charge is -2.00. The van der Waals surface area contributed by atoms with Crippen molar-refractivity contribution in [3.8, 4) is 11.3 Å². The van der Waals surface area contributed by atoms with Crippen LogP contribution in [0.1, 0.15) is 29.2 Å². The van der Waals surface area contributed by atoms with Gasteiger partial charge in [-0.2, -0.15) is 0 Å². The van der Waals surface area contributed by atoms with E-state index in [2.05, 4.69) is 15.0 Å². The van der Waals surface area contributed by atoms with Crippen LogP contribution in [0.2, 0.25) is 5.02 Å². The van der Waals surface area contributed by atoms with Crippen molar-refractivity contribution in [2.75, 3.05) is 7.11 Å². The van der Waals surface area contributed by atoms with Gasteiger partial charge in [-0.1, -0.05) is 23.7 Å². The lowest BCUT2D eigenvalue weighted by atomic mass is 10.1. The van der Waals surface area contributed by atoms with Crippen LogP contribution in [0.5, 0.6) is 0 Å². The molecule has 1 aromatic carbocycles. The van der Waals surface area contributed by atoms with Gasteiger partial charge >= 0.3 is 5.97 Å². The first-order valence-corrected chi connectivity index (χ1v) is 9.67. The quantitative estimate of drug-likeness (QED) is 0.631. The molecule has 0 fully saturated rings. The highest BCUT2D eigenvalue weighted by atomic mass is 35.5. The fraction of sp³-hybridized carbons (Fsp3) is 0.167. The van der Waals surface area contributed by atoms with Gasteiger partial charge in [0.05, 0.1) is 24.2 Å². The van der Waals surface area contributed by atoms with Crippen LogP contribution < -0.4 is 5.32 Å². The van der Waals surface area contributed by atoms with Crippen molar-refractivity contribution in [2.45, 2.75) is 13.5 Å². The number of esters is 1. The number of nitrogens with zero attached hydrogens (tertiary/aromatic N) is 1. The molecule has 0 saturated heterocycles. The van der Waals surface area contributed by atoms with Gasteiger partial charge in [0.1, 0.15) is 9.88 Å². The number of thiazole rings is 1. The maximum absolute atomic E-state index is 12.3. The third-order valence-electron chi connectivity index (χ3n) is 3.58. The number of aryl methyl sites for hydroxylation is 1. The van der Waals surface area contributed by atoms with Crippen molar-refractivity contribution in [3.05, 3.63) is 61.1 Å². The molecule has 0 radical (unpaired) electrons. The molecule has 134 valence electrons. The largest absolute Gasteiger partial charge is 0.465 e. The summed E-state index contributed by atoms with van der Waals surface area (Å²) in [7, 11) is 1.31. The van der Waals surface area contributed by atoms with Crippen molar-refractivity contribution in [1.29, 1.82) is 0 Å². The first-order valence-electron chi connectivity index (χ1n) is 7.66. The van der Waals surface area contributed by atoms with Crippen molar-refractivity contribution in [1.82, 2.24) is 10.3 Å². The van der Waals surface area contributed by atoms with E-state index in [1.54, 1.807) is 12.1 Å². The summed E-state index contributed by atoms with van der Waals surface area (Å²) in [6.07, 6.45) is 0. The maximum Gasteiger partial charge on any atom is 0.348 e. The van der Waals surface area contributed by atoms with E-state index in [-0.39, 0.29) is 5.91 Å². The number of hydrogen-bond donors (Lipinski definition) is 1. The molecule has 26 heavy (non-hydrogen) atoms. The van der Waals surface area contributed by atoms with Gasteiger partial charge in [0.25, 0.3) is 5.91 Å². The number of methoxy groups -OCH3 is 1. The zero-order chi connectivity index (χ0) is 18.7. The SMILES string of the molecule is COC(=O)c1ccc(C(=O)NCc2nc(-c3ccc(Cl)cc3)c(C)s2)s1. The average molecular weight is 407 g/mol. The number of amides is 1. The van der Waals surface area contributed by atoms with Crippen molar-refractivity contribution < 1.29 is 14.3 Å². The summed E-state index contributed by atoms with van der Waals surface area (Å²) in [5.41, 5.74) is 1.88. The zero-order valence-electron chi connectivity index (χ0n) is 14.0. The summed E-state index contributed by atoms with van der Waals surface area (Å²) in [6.45, 7) is 2.32. The molecule has 0 atom stereocenters. The number of nitrogens with one attached hydrogen (secondary N) is 1. The van der Waals surface area contributed by atoms with Crippen molar-refractivity contribution in [3.63, 3.8) is 0 Å². The highest BCUT2D eigenvalue weighted by Crippen LogP contribution is 2.28. The summed E-state index contributed by atoms with van der Waals surface area (Å²) < 4.78 is 4.65. The van der Waals surface area contributed by atoms with Gasteiger partial charge in [-0.25, -0.2) is 9.78 Å². The maximum atomic E-state index is 12.3. The Labute approximate surface area is 163 Å². The normalized spacial score (nSPS) is 10.6. The number of carbonyl (C=O) groups excluding carboxylic acids is 2. The summed E-state index contributed by atoms with van der Waals surface area (Å²) in [6, 6.07) is 10.7. The molecule has 1 amide bonds. The molecule has 2 heterocycles. The van der Waals surface area contributed by atoms with Gasteiger partial charge in [0.15, 0.2) is 0 Å². The van der Waals surface area contributed by atoms with Gasteiger partial charge in [0, 0.05) is 15.5 Å². The molecule has 2 aromatic heterocycles. The first kappa shape index (κ1) is 18.6. The number of benzene rings is 1. The average Bonchev–Trinajstić information content (AvgIpc) is 3.27. The van der Waals surface area contributed by atoms with E-state index in [0.29, 0.717) is 21.3 Å². The second-order valence-electron chi connectivity index (χ2n) is 5.36. The molecule has 0 bridgehead atoms. The molecule has 1 N–H and O–H groups in total. The number of carbonyl (C=O) groups is 2. The molecule has 0 unspecified atom stereocenters. The Balaban J connectivity index is 1.67. The van der Waals surface area contributed by atoms with Gasteiger partial charge in [-0.15, -0.1) is 22.7 Å². The number of hydrogen-bond acceptors (Lipinski definition) is 6. The molecule has 0 aliphatic carbocycles. The van der Waals surface area contributed by atoms with E-state index in [1.165, 1.54) is 18.4 Å². The fourth-order valence-corrected chi connectivity index (χ4v) is 4.18. The monoisotopic (exact) mass is 406 g/mol.